The van der Waals surface area contributed by atoms with Crippen molar-refractivity contribution < 1.29 is 9.59 Å². The van der Waals surface area contributed by atoms with E-state index in [9.17, 15) is 9.59 Å². The molecule has 27 heavy (non-hydrogen) atoms. The van der Waals surface area contributed by atoms with Crippen molar-refractivity contribution in [3.63, 3.8) is 0 Å². The molecule has 1 aliphatic heterocycles. The van der Waals surface area contributed by atoms with E-state index in [1.54, 1.807) is 36.2 Å². The average Bonchev–Trinajstić information content (AvgIpc) is 2.69. The first kappa shape index (κ1) is 19.0. The number of hydrogen-bond acceptors (Lipinski definition) is 4. The van der Waals surface area contributed by atoms with Gasteiger partial charge in [-0.3, -0.25) is 4.79 Å². The van der Waals surface area contributed by atoms with Crippen molar-refractivity contribution in [3.05, 3.63) is 53.7 Å². The molecule has 2 aromatic rings. The number of piperazine rings is 1. The van der Waals surface area contributed by atoms with E-state index in [0.29, 0.717) is 37.0 Å². The zero-order valence-corrected chi connectivity index (χ0v) is 15.8. The van der Waals surface area contributed by atoms with Crippen molar-refractivity contribution in [2.24, 2.45) is 0 Å². The lowest BCUT2D eigenvalue weighted by atomic mass is 10.2. The number of nitrogens with zero attached hydrogens (tertiary/aromatic N) is 3. The molecule has 142 valence electrons. The van der Waals surface area contributed by atoms with Crippen LogP contribution in [-0.2, 0) is 4.79 Å². The molecular weight excluding hydrogens is 366 g/mol. The minimum Gasteiger partial charge on any atom is -0.368 e. The van der Waals surface area contributed by atoms with Crippen molar-refractivity contribution in [2.45, 2.75) is 13.0 Å². The van der Waals surface area contributed by atoms with Crippen LogP contribution in [0, 0.1) is 0 Å². The van der Waals surface area contributed by atoms with Gasteiger partial charge in [-0.2, -0.15) is 0 Å². The van der Waals surface area contributed by atoms with Gasteiger partial charge in [0.25, 0.3) is 0 Å². The summed E-state index contributed by atoms with van der Waals surface area (Å²) in [5.41, 5.74) is 1.05. The summed E-state index contributed by atoms with van der Waals surface area (Å²) in [6, 6.07) is 12.0. The van der Waals surface area contributed by atoms with Gasteiger partial charge in [-0.15, -0.1) is 0 Å². The Morgan fingerprint density at radius 1 is 1.11 bits per heavy atom. The van der Waals surface area contributed by atoms with Gasteiger partial charge in [0.1, 0.15) is 11.9 Å². The predicted molar refractivity (Wildman–Crippen MR) is 106 cm³/mol. The van der Waals surface area contributed by atoms with E-state index in [0.717, 1.165) is 5.69 Å². The maximum atomic E-state index is 12.4. The van der Waals surface area contributed by atoms with E-state index in [1.807, 2.05) is 24.3 Å². The number of aromatic nitrogens is 1. The molecule has 1 aliphatic rings. The molecule has 0 saturated carbocycles. The minimum atomic E-state index is -0.662. The first-order valence-electron chi connectivity index (χ1n) is 8.81. The maximum Gasteiger partial charge on any atom is 0.318 e. The number of carbonyl (C=O) groups is 2. The largest absolute Gasteiger partial charge is 0.368 e. The smallest absolute Gasteiger partial charge is 0.318 e. The third-order valence-electron chi connectivity index (χ3n) is 4.39. The van der Waals surface area contributed by atoms with Crippen LogP contribution in [0.3, 0.4) is 0 Å². The van der Waals surface area contributed by atoms with Gasteiger partial charge in [0.05, 0.1) is 0 Å². The van der Waals surface area contributed by atoms with Crippen molar-refractivity contribution in [1.29, 1.82) is 0 Å². The van der Waals surface area contributed by atoms with Crippen LogP contribution < -0.4 is 15.5 Å². The molecule has 7 nitrogen and oxygen atoms in total. The van der Waals surface area contributed by atoms with Gasteiger partial charge in [0, 0.05) is 43.1 Å². The van der Waals surface area contributed by atoms with Crippen LogP contribution in [0.4, 0.5) is 16.3 Å². The molecule has 8 heteroatoms. The molecule has 1 aromatic carbocycles. The Labute approximate surface area is 163 Å². The van der Waals surface area contributed by atoms with Crippen molar-refractivity contribution in [2.75, 3.05) is 36.4 Å². The number of anilines is 2. The van der Waals surface area contributed by atoms with E-state index in [2.05, 4.69) is 20.5 Å². The van der Waals surface area contributed by atoms with Crippen molar-refractivity contribution >= 4 is 35.0 Å². The molecule has 1 saturated heterocycles. The molecule has 2 heterocycles. The predicted octanol–water partition coefficient (Wildman–Crippen LogP) is 2.59. The summed E-state index contributed by atoms with van der Waals surface area (Å²) in [5.74, 6) is 0.151. The molecule has 0 bridgehead atoms. The van der Waals surface area contributed by atoms with E-state index >= 15 is 0 Å². The van der Waals surface area contributed by atoms with E-state index in [-0.39, 0.29) is 11.9 Å². The molecule has 1 atom stereocenters. The fourth-order valence-electron chi connectivity index (χ4n) is 2.85. The molecular formula is C19H22ClN5O2. The highest BCUT2D eigenvalue weighted by molar-refractivity contribution is 6.30. The maximum absolute atomic E-state index is 12.4. The fraction of sp³-hybridized carbons (Fsp3) is 0.316. The summed E-state index contributed by atoms with van der Waals surface area (Å²) in [6.45, 7) is 4.22. The van der Waals surface area contributed by atoms with Crippen molar-refractivity contribution in [1.82, 2.24) is 15.2 Å². The van der Waals surface area contributed by atoms with Gasteiger partial charge in [0.2, 0.25) is 5.91 Å². The number of urea groups is 1. The second-order valence-corrected chi connectivity index (χ2v) is 6.77. The second-order valence-electron chi connectivity index (χ2n) is 6.33. The van der Waals surface area contributed by atoms with E-state index < -0.39 is 6.04 Å². The Hall–Kier alpha value is -2.80. The van der Waals surface area contributed by atoms with Crippen LogP contribution in [0.1, 0.15) is 6.92 Å². The van der Waals surface area contributed by atoms with Crippen LogP contribution in [0.25, 0.3) is 0 Å². The topological polar surface area (TPSA) is 77.6 Å². The number of halogens is 1. The molecule has 2 N–H and O–H groups in total. The van der Waals surface area contributed by atoms with Crippen LogP contribution in [0.5, 0.6) is 0 Å². The minimum absolute atomic E-state index is 0.246. The summed E-state index contributed by atoms with van der Waals surface area (Å²) in [4.78, 5) is 32.6. The fourth-order valence-corrected chi connectivity index (χ4v) is 3.04. The summed E-state index contributed by atoms with van der Waals surface area (Å²) in [5, 5.41) is 6.12. The first-order chi connectivity index (χ1) is 13.0. The normalized spacial score (nSPS) is 15.2. The first-order valence-corrected chi connectivity index (χ1v) is 9.18. The number of benzene rings is 1. The molecule has 0 spiro atoms. The van der Waals surface area contributed by atoms with E-state index in [1.165, 1.54) is 0 Å². The Bertz CT molecular complexity index is 794. The Kier molecular flexibility index (Phi) is 6.13. The quantitative estimate of drug-likeness (QED) is 0.845. The van der Waals surface area contributed by atoms with Gasteiger partial charge >= 0.3 is 6.03 Å². The van der Waals surface area contributed by atoms with Gasteiger partial charge in [0.15, 0.2) is 0 Å². The third kappa shape index (κ3) is 5.10. The third-order valence-corrected chi connectivity index (χ3v) is 4.62. The number of carbonyl (C=O) groups excluding carboxylic acids is 2. The molecule has 0 radical (unpaired) electrons. The van der Waals surface area contributed by atoms with Gasteiger partial charge < -0.3 is 20.4 Å². The molecule has 3 rings (SSSR count). The van der Waals surface area contributed by atoms with Gasteiger partial charge in [-0.1, -0.05) is 23.7 Å². The molecule has 1 fully saturated rings. The zero-order chi connectivity index (χ0) is 19.2. The van der Waals surface area contributed by atoms with Gasteiger partial charge in [-0.25, -0.2) is 9.78 Å². The Balaban J connectivity index is 1.48. The summed E-state index contributed by atoms with van der Waals surface area (Å²) >= 11 is 6.04. The number of amides is 3. The average molecular weight is 388 g/mol. The van der Waals surface area contributed by atoms with E-state index in [4.69, 9.17) is 11.6 Å². The highest BCUT2D eigenvalue weighted by Gasteiger charge is 2.24. The lowest BCUT2D eigenvalue weighted by Gasteiger charge is -2.36. The van der Waals surface area contributed by atoms with Crippen LogP contribution in [0.2, 0.25) is 5.02 Å². The molecule has 1 unspecified atom stereocenters. The number of rotatable bonds is 4. The second kappa shape index (κ2) is 8.73. The summed E-state index contributed by atoms with van der Waals surface area (Å²) in [6.07, 6.45) is 1.60. The molecule has 3 amide bonds. The summed E-state index contributed by atoms with van der Waals surface area (Å²) in [7, 11) is 0. The highest BCUT2D eigenvalue weighted by Crippen LogP contribution is 2.20. The molecule has 1 aromatic heterocycles. The number of nitrogens with one attached hydrogen (secondary N) is 2. The highest BCUT2D eigenvalue weighted by atomic mass is 35.5. The number of hydrogen-bond donors (Lipinski definition) is 2. The zero-order valence-electron chi connectivity index (χ0n) is 15.1. The lowest BCUT2D eigenvalue weighted by molar-refractivity contribution is -0.117. The Morgan fingerprint density at radius 3 is 2.56 bits per heavy atom. The molecule has 0 aliphatic carbocycles. The lowest BCUT2D eigenvalue weighted by Crippen LogP contribution is -2.54. The Morgan fingerprint density at radius 2 is 1.89 bits per heavy atom. The SMILES string of the molecule is CC(NC(=O)N1CCN(c2cccc(Cl)c2)CC1)C(=O)Nc1ccccn1. The van der Waals surface area contributed by atoms with Crippen LogP contribution in [-0.4, -0.2) is 54.0 Å². The summed E-state index contributed by atoms with van der Waals surface area (Å²) < 4.78 is 0. The standard InChI is InChI=1S/C19H22ClN5O2/c1-14(18(26)23-17-7-2-3-8-21-17)22-19(27)25-11-9-24(10-12-25)16-6-4-5-15(20)13-16/h2-8,13-14H,9-12H2,1H3,(H,22,27)(H,21,23,26). The van der Waals surface area contributed by atoms with Crippen molar-refractivity contribution in [3.8, 4) is 0 Å². The van der Waals surface area contributed by atoms with Crippen LogP contribution >= 0.6 is 11.6 Å². The number of pyridine rings is 1. The van der Waals surface area contributed by atoms with Gasteiger partial charge in [-0.05, 0) is 37.3 Å². The van der Waals surface area contributed by atoms with Crippen LogP contribution in [0.15, 0.2) is 48.7 Å². The monoisotopic (exact) mass is 387 g/mol.